The molecular weight excluding hydrogens is 220 g/mol. The molecule has 1 unspecified atom stereocenters. The molecule has 12 heavy (non-hydrogen) atoms. The average molecular weight is 233 g/mol. The van der Waals surface area contributed by atoms with Gasteiger partial charge in [-0.1, -0.05) is 22.5 Å². The average Bonchev–Trinajstić information content (AvgIpc) is 2.51. The van der Waals surface area contributed by atoms with Crippen LogP contribution >= 0.6 is 15.9 Å². The van der Waals surface area contributed by atoms with Gasteiger partial charge < -0.3 is 10.6 Å². The summed E-state index contributed by atoms with van der Waals surface area (Å²) in [7, 11) is 0. The lowest BCUT2D eigenvalue weighted by molar-refractivity contribution is -0.122. The second-order valence-corrected chi connectivity index (χ2v) is 4.01. The molecule has 1 heterocycles. The van der Waals surface area contributed by atoms with Crippen molar-refractivity contribution in [2.45, 2.75) is 18.9 Å². The van der Waals surface area contributed by atoms with Gasteiger partial charge >= 0.3 is 0 Å². The van der Waals surface area contributed by atoms with E-state index in [0.29, 0.717) is 6.54 Å². The minimum atomic E-state index is 0.0110. The van der Waals surface area contributed by atoms with Gasteiger partial charge in [0.1, 0.15) is 0 Å². The molecule has 1 aliphatic heterocycles. The lowest BCUT2D eigenvalue weighted by atomic mass is 10.2. The molecule has 1 saturated heterocycles. The summed E-state index contributed by atoms with van der Waals surface area (Å²) in [5.74, 6) is 0.0769. The molecule has 68 valence electrons. The van der Waals surface area contributed by atoms with Crippen molar-refractivity contribution in [1.82, 2.24) is 10.6 Å². The fourth-order valence-electron chi connectivity index (χ4n) is 1.21. The van der Waals surface area contributed by atoms with E-state index in [-0.39, 0.29) is 11.9 Å². The number of carbonyl (C=O) groups is 1. The summed E-state index contributed by atoms with van der Waals surface area (Å²) in [4.78, 5) is 11.3. The third-order valence-electron chi connectivity index (χ3n) is 1.83. The first-order valence-electron chi connectivity index (χ1n) is 4.04. The Hall–Kier alpha value is -0.350. The summed E-state index contributed by atoms with van der Waals surface area (Å²) < 4.78 is 0.800. The highest BCUT2D eigenvalue weighted by atomic mass is 79.9. The van der Waals surface area contributed by atoms with Crippen LogP contribution in [-0.2, 0) is 4.79 Å². The fraction of sp³-hybridized carbons (Fsp3) is 0.625. The first-order chi connectivity index (χ1) is 5.70. The van der Waals surface area contributed by atoms with E-state index in [9.17, 15) is 4.79 Å². The zero-order valence-corrected chi connectivity index (χ0v) is 8.49. The molecule has 0 aliphatic carbocycles. The van der Waals surface area contributed by atoms with Gasteiger partial charge in [-0.25, -0.2) is 0 Å². The number of hydrogen-bond acceptors (Lipinski definition) is 2. The maximum absolute atomic E-state index is 11.3. The smallest absolute Gasteiger partial charge is 0.237 e. The molecule has 0 radical (unpaired) electrons. The van der Waals surface area contributed by atoms with E-state index in [0.717, 1.165) is 23.9 Å². The monoisotopic (exact) mass is 232 g/mol. The number of carbonyl (C=O) groups excluding carboxylic acids is 1. The van der Waals surface area contributed by atoms with Crippen molar-refractivity contribution in [2.75, 3.05) is 13.1 Å². The van der Waals surface area contributed by atoms with Crippen molar-refractivity contribution in [1.29, 1.82) is 0 Å². The van der Waals surface area contributed by atoms with Crippen LogP contribution in [0.3, 0.4) is 0 Å². The van der Waals surface area contributed by atoms with Gasteiger partial charge in [-0.05, 0) is 19.4 Å². The van der Waals surface area contributed by atoms with Gasteiger partial charge in [-0.2, -0.15) is 0 Å². The Morgan fingerprint density at radius 2 is 2.50 bits per heavy atom. The number of rotatable bonds is 3. The first-order valence-corrected chi connectivity index (χ1v) is 4.84. The second-order valence-electron chi connectivity index (χ2n) is 2.88. The number of amides is 1. The number of nitrogens with one attached hydrogen (secondary N) is 2. The van der Waals surface area contributed by atoms with Crippen LogP contribution in [-0.4, -0.2) is 25.0 Å². The molecule has 4 heteroatoms. The summed E-state index contributed by atoms with van der Waals surface area (Å²) in [5, 5.41) is 5.90. The fourth-order valence-corrected chi connectivity index (χ4v) is 1.35. The molecule has 0 bridgehead atoms. The van der Waals surface area contributed by atoms with Crippen molar-refractivity contribution >= 4 is 21.8 Å². The Morgan fingerprint density at radius 3 is 3.00 bits per heavy atom. The van der Waals surface area contributed by atoms with Gasteiger partial charge in [0.15, 0.2) is 0 Å². The van der Waals surface area contributed by atoms with Crippen molar-refractivity contribution < 1.29 is 4.79 Å². The van der Waals surface area contributed by atoms with Crippen molar-refractivity contribution in [3.63, 3.8) is 0 Å². The van der Waals surface area contributed by atoms with Crippen LogP contribution in [0.4, 0.5) is 0 Å². The van der Waals surface area contributed by atoms with E-state index in [4.69, 9.17) is 0 Å². The van der Waals surface area contributed by atoms with Crippen LogP contribution in [0.25, 0.3) is 0 Å². The Balaban J connectivity index is 2.23. The minimum Gasteiger partial charge on any atom is -0.350 e. The van der Waals surface area contributed by atoms with Gasteiger partial charge in [-0.3, -0.25) is 4.79 Å². The van der Waals surface area contributed by atoms with E-state index in [2.05, 4.69) is 33.1 Å². The number of hydrogen-bond donors (Lipinski definition) is 2. The quantitative estimate of drug-likeness (QED) is 0.755. The van der Waals surface area contributed by atoms with Crippen LogP contribution in [0.15, 0.2) is 11.1 Å². The molecule has 0 spiro atoms. The van der Waals surface area contributed by atoms with Gasteiger partial charge in [0.25, 0.3) is 0 Å². The normalized spacial score (nSPS) is 22.2. The Morgan fingerprint density at radius 1 is 1.75 bits per heavy atom. The Bertz CT molecular complexity index is 187. The molecule has 0 aromatic carbocycles. The predicted molar refractivity (Wildman–Crippen MR) is 52.1 cm³/mol. The maximum Gasteiger partial charge on any atom is 0.237 e. The lowest BCUT2D eigenvalue weighted by Crippen LogP contribution is -2.40. The van der Waals surface area contributed by atoms with Crippen LogP contribution in [0.1, 0.15) is 12.8 Å². The summed E-state index contributed by atoms with van der Waals surface area (Å²) in [6, 6.07) is 0.0110. The topological polar surface area (TPSA) is 41.1 Å². The summed E-state index contributed by atoms with van der Waals surface area (Å²) in [6.07, 6.45) is 2.04. The highest BCUT2D eigenvalue weighted by Crippen LogP contribution is 2.05. The summed E-state index contributed by atoms with van der Waals surface area (Å²) in [6.45, 7) is 5.10. The van der Waals surface area contributed by atoms with Gasteiger partial charge in [0.05, 0.1) is 6.04 Å². The maximum atomic E-state index is 11.3. The van der Waals surface area contributed by atoms with Crippen LogP contribution in [0.5, 0.6) is 0 Å². The van der Waals surface area contributed by atoms with Gasteiger partial charge in [0, 0.05) is 11.0 Å². The molecule has 1 rings (SSSR count). The van der Waals surface area contributed by atoms with Crippen molar-refractivity contribution in [2.24, 2.45) is 0 Å². The molecule has 0 saturated carbocycles. The molecule has 2 N–H and O–H groups in total. The van der Waals surface area contributed by atoms with Crippen LogP contribution in [0, 0.1) is 0 Å². The zero-order valence-electron chi connectivity index (χ0n) is 6.90. The van der Waals surface area contributed by atoms with E-state index in [1.807, 2.05) is 0 Å². The van der Waals surface area contributed by atoms with Gasteiger partial charge in [0.2, 0.25) is 5.91 Å². The van der Waals surface area contributed by atoms with Crippen LogP contribution in [0.2, 0.25) is 0 Å². The first kappa shape index (κ1) is 9.74. The molecule has 0 aromatic heterocycles. The van der Waals surface area contributed by atoms with Gasteiger partial charge in [-0.15, -0.1) is 0 Å². The SMILES string of the molecule is C=C(Br)CNC(=O)C1CCCN1. The largest absolute Gasteiger partial charge is 0.350 e. The van der Waals surface area contributed by atoms with Crippen molar-refractivity contribution in [3.05, 3.63) is 11.1 Å². The third kappa shape index (κ3) is 2.95. The lowest BCUT2D eigenvalue weighted by Gasteiger charge is -2.09. The minimum absolute atomic E-state index is 0.0110. The summed E-state index contributed by atoms with van der Waals surface area (Å²) in [5.41, 5.74) is 0. The second kappa shape index (κ2) is 4.62. The molecule has 1 amide bonds. The number of halogens is 1. The van der Waals surface area contributed by atoms with E-state index in [1.54, 1.807) is 0 Å². The van der Waals surface area contributed by atoms with E-state index < -0.39 is 0 Å². The molecule has 1 fully saturated rings. The Kier molecular flexibility index (Phi) is 3.75. The molecule has 1 atom stereocenters. The third-order valence-corrected chi connectivity index (χ3v) is 2.11. The Labute approximate surface area is 80.7 Å². The van der Waals surface area contributed by atoms with Crippen molar-refractivity contribution in [3.8, 4) is 0 Å². The molecule has 3 nitrogen and oxygen atoms in total. The molecule has 1 aliphatic rings. The predicted octanol–water partition coefficient (Wildman–Crippen LogP) is 0.763. The van der Waals surface area contributed by atoms with Crippen LogP contribution < -0.4 is 10.6 Å². The highest BCUT2D eigenvalue weighted by molar-refractivity contribution is 9.11. The van der Waals surface area contributed by atoms with E-state index in [1.165, 1.54) is 0 Å². The molecular formula is C8H13BrN2O. The molecule has 0 aromatic rings. The summed E-state index contributed by atoms with van der Waals surface area (Å²) >= 11 is 3.18. The zero-order chi connectivity index (χ0) is 8.97. The highest BCUT2D eigenvalue weighted by Gasteiger charge is 2.21. The van der Waals surface area contributed by atoms with E-state index >= 15 is 0 Å². The standard InChI is InChI=1S/C8H13BrN2O/c1-6(9)5-11-8(12)7-3-2-4-10-7/h7,10H,1-5H2,(H,11,12).